The van der Waals surface area contributed by atoms with Crippen molar-refractivity contribution in [1.82, 2.24) is 10.6 Å². The van der Waals surface area contributed by atoms with Gasteiger partial charge < -0.3 is 69.6 Å². The number of rotatable bonds is 23. The van der Waals surface area contributed by atoms with Crippen LogP contribution in [-0.4, -0.2) is 158 Å². The molecule has 20 nitrogen and oxygen atoms in total. The number of nitrogens with two attached hydrogens (primary N) is 1. The summed E-state index contributed by atoms with van der Waals surface area (Å²) in [4.78, 5) is 86.0. The Morgan fingerprint density at radius 1 is 0.803 bits per heavy atom. The van der Waals surface area contributed by atoms with Gasteiger partial charge in [-0.15, -0.1) is 0 Å². The molecule has 3 aliphatic carbocycles. The molecule has 412 valence electrons. The summed E-state index contributed by atoms with van der Waals surface area (Å²) < 4.78 is 47.6. The summed E-state index contributed by atoms with van der Waals surface area (Å²) in [5.74, 6) is -6.15. The number of amides is 2. The van der Waals surface area contributed by atoms with Crippen LogP contribution in [0.25, 0.3) is 0 Å². The normalized spacial score (nSPS) is 28.1. The molecular formula is C56H71N3O17. The van der Waals surface area contributed by atoms with Crippen LogP contribution in [-0.2, 0) is 52.3 Å². The van der Waals surface area contributed by atoms with E-state index in [9.17, 15) is 39.3 Å². The predicted octanol–water partition coefficient (Wildman–Crippen LogP) is 3.69. The fourth-order valence-corrected chi connectivity index (χ4v) is 11.3. The fraction of sp³-hybridized carbons (Fsp3) is 0.536. The second-order valence-corrected chi connectivity index (χ2v) is 20.4. The van der Waals surface area contributed by atoms with Crippen LogP contribution in [0.15, 0.2) is 102 Å². The van der Waals surface area contributed by atoms with Gasteiger partial charge in [-0.05, 0) is 74.2 Å². The van der Waals surface area contributed by atoms with Crippen molar-refractivity contribution in [3.8, 4) is 0 Å². The molecule has 11 atom stereocenters. The molecule has 3 fully saturated rings. The maximum Gasteiger partial charge on any atom is 0.408 e. The van der Waals surface area contributed by atoms with Crippen molar-refractivity contribution in [2.24, 2.45) is 22.5 Å². The summed E-state index contributed by atoms with van der Waals surface area (Å²) in [7, 11) is 0. The first kappa shape index (κ1) is 57.6. The molecule has 0 radical (unpaired) electrons. The van der Waals surface area contributed by atoms with Crippen LogP contribution in [0.2, 0.25) is 0 Å². The molecule has 20 heteroatoms. The monoisotopic (exact) mass is 1060 g/mol. The molecule has 1 heterocycles. The summed E-state index contributed by atoms with van der Waals surface area (Å²) in [5.41, 5.74) is -1.99. The summed E-state index contributed by atoms with van der Waals surface area (Å²) in [6, 6.07) is 22.9. The molecule has 1 aliphatic heterocycles. The number of benzene rings is 3. The van der Waals surface area contributed by atoms with Gasteiger partial charge in [0.15, 0.2) is 23.6 Å². The smallest absolute Gasteiger partial charge is 0.408 e. The number of Topliss-reactive ketones (excluding diaryl/α,β-unsaturated/α-hetero) is 1. The molecule has 7 N–H and O–H groups in total. The van der Waals surface area contributed by atoms with Crippen molar-refractivity contribution in [3.63, 3.8) is 0 Å². The third-order valence-electron chi connectivity index (χ3n) is 15.4. The van der Waals surface area contributed by atoms with Crippen LogP contribution in [0, 0.1) is 16.7 Å². The van der Waals surface area contributed by atoms with Gasteiger partial charge in [-0.25, -0.2) is 14.4 Å². The van der Waals surface area contributed by atoms with E-state index >= 15 is 4.79 Å². The van der Waals surface area contributed by atoms with E-state index in [0.717, 1.165) is 13.3 Å². The van der Waals surface area contributed by atoms with E-state index in [1.165, 1.54) is 26.0 Å². The minimum atomic E-state index is -2.46. The fourth-order valence-electron chi connectivity index (χ4n) is 11.3. The first-order valence-corrected chi connectivity index (χ1v) is 25.7. The Kier molecular flexibility index (Phi) is 18.9. The lowest BCUT2D eigenvalue weighted by Crippen LogP contribution is -2.82. The number of alkyl carbamates (subject to hydrolysis) is 1. The highest BCUT2D eigenvalue weighted by molar-refractivity contribution is 5.96. The van der Waals surface area contributed by atoms with Crippen LogP contribution in [0.3, 0.4) is 0 Å². The van der Waals surface area contributed by atoms with E-state index in [-0.39, 0.29) is 55.1 Å². The summed E-state index contributed by atoms with van der Waals surface area (Å²) in [5, 5.41) is 43.7. The largest absolute Gasteiger partial charge is 0.456 e. The maximum absolute atomic E-state index is 16.0. The summed E-state index contributed by atoms with van der Waals surface area (Å²) in [6.07, 6.45) is -11.0. The van der Waals surface area contributed by atoms with Crippen molar-refractivity contribution in [1.29, 1.82) is 0 Å². The minimum absolute atomic E-state index is 0.0249. The second-order valence-electron chi connectivity index (χ2n) is 20.4. The highest BCUT2D eigenvalue weighted by Crippen LogP contribution is 2.64. The third kappa shape index (κ3) is 11.9. The van der Waals surface area contributed by atoms with E-state index in [1.54, 1.807) is 92.7 Å². The molecule has 2 bridgehead atoms. The van der Waals surface area contributed by atoms with Crippen molar-refractivity contribution in [2.45, 2.75) is 114 Å². The Balaban J connectivity index is 1.26. The molecule has 2 amide bonds. The number of carbonyl (C=O) groups excluding carboxylic acids is 6. The van der Waals surface area contributed by atoms with Crippen LogP contribution in [0.1, 0.15) is 92.6 Å². The van der Waals surface area contributed by atoms with Crippen LogP contribution in [0.5, 0.6) is 0 Å². The van der Waals surface area contributed by atoms with Crippen molar-refractivity contribution >= 4 is 35.7 Å². The van der Waals surface area contributed by atoms with E-state index in [0.29, 0.717) is 45.0 Å². The van der Waals surface area contributed by atoms with Gasteiger partial charge in [0.05, 0.1) is 62.1 Å². The Bertz CT molecular complexity index is 2550. The van der Waals surface area contributed by atoms with Crippen molar-refractivity contribution in [2.75, 3.05) is 59.3 Å². The van der Waals surface area contributed by atoms with Crippen LogP contribution >= 0.6 is 0 Å². The third-order valence-corrected chi connectivity index (χ3v) is 15.4. The molecule has 3 aromatic carbocycles. The highest BCUT2D eigenvalue weighted by Gasteiger charge is 2.78. The van der Waals surface area contributed by atoms with E-state index in [1.807, 2.05) is 0 Å². The van der Waals surface area contributed by atoms with E-state index in [2.05, 4.69) is 10.6 Å². The number of nitrogens with one attached hydrogen (secondary N) is 2. The first-order valence-electron chi connectivity index (χ1n) is 25.7. The van der Waals surface area contributed by atoms with Gasteiger partial charge >= 0.3 is 24.0 Å². The standard InChI is InChI=1S/C56H71N3O17/c1-34-39(73-51(66)44(62)43(36-17-9-6-10-18-36)59-49(64)37-19-11-7-12-20-37)32-56(68)48(75-50(65)38-21-13-8-14-22-38)46-54(5,40(61)31-41-55(46,33-72-41)76-35(2)60)47(63)45(42(34)53(56,3)4)74-52(67)58-24-16-26-70-28-30-71-29-27-69-25-15-23-57/h6-14,17-22,39-41,43-46,48,61-62,68H,15-16,23-33,57H2,1-5H3,(H,58,67)(H,59,64)/t39-,40-,41?,43-,44+,45+,46-,48-,54?,55+,56+/m0/s1. The highest BCUT2D eigenvalue weighted by atomic mass is 16.6. The van der Waals surface area contributed by atoms with Crippen molar-refractivity contribution < 1.29 is 82.0 Å². The van der Waals surface area contributed by atoms with E-state index < -0.39 is 113 Å². The maximum atomic E-state index is 16.0. The zero-order chi connectivity index (χ0) is 54.8. The molecule has 0 aromatic heterocycles. The van der Waals surface area contributed by atoms with Gasteiger partial charge in [0.1, 0.15) is 23.9 Å². The molecule has 4 aliphatic rings. The number of aliphatic hydroxyl groups is 3. The van der Waals surface area contributed by atoms with E-state index in [4.69, 9.17) is 43.6 Å². The molecule has 3 aromatic rings. The Morgan fingerprint density at radius 3 is 1.96 bits per heavy atom. The van der Waals surface area contributed by atoms with Crippen LogP contribution in [0.4, 0.5) is 4.79 Å². The first-order chi connectivity index (χ1) is 36.3. The number of carbonyl (C=O) groups is 6. The van der Waals surface area contributed by atoms with Gasteiger partial charge in [-0.3, -0.25) is 14.4 Å². The van der Waals surface area contributed by atoms with Crippen molar-refractivity contribution in [3.05, 3.63) is 119 Å². The Morgan fingerprint density at radius 2 is 1.38 bits per heavy atom. The molecule has 2 saturated carbocycles. The van der Waals surface area contributed by atoms with Gasteiger partial charge in [0.2, 0.25) is 0 Å². The minimum Gasteiger partial charge on any atom is -0.456 e. The van der Waals surface area contributed by atoms with Gasteiger partial charge in [0.25, 0.3) is 5.91 Å². The molecule has 1 saturated heterocycles. The van der Waals surface area contributed by atoms with Gasteiger partial charge in [0, 0.05) is 50.5 Å². The summed E-state index contributed by atoms with van der Waals surface area (Å²) >= 11 is 0. The van der Waals surface area contributed by atoms with Gasteiger partial charge in [-0.2, -0.15) is 0 Å². The predicted molar refractivity (Wildman–Crippen MR) is 271 cm³/mol. The average molecular weight is 1060 g/mol. The number of hydrogen-bond acceptors (Lipinski definition) is 18. The zero-order valence-electron chi connectivity index (χ0n) is 43.6. The Hall–Kier alpha value is -6.10. The molecule has 7 rings (SSSR count). The lowest BCUT2D eigenvalue weighted by atomic mass is 9.44. The lowest BCUT2D eigenvalue weighted by molar-refractivity contribution is -0.345. The zero-order valence-corrected chi connectivity index (χ0v) is 43.6. The quantitative estimate of drug-likeness (QED) is 0.0342. The topological polar surface area (TPSA) is 287 Å². The molecule has 76 heavy (non-hydrogen) atoms. The lowest BCUT2D eigenvalue weighted by Gasteiger charge is -2.67. The average Bonchev–Trinajstić information content (AvgIpc) is 3.59. The number of fused-ring (bicyclic) bond motifs is 5. The van der Waals surface area contributed by atoms with Crippen LogP contribution < -0.4 is 16.4 Å². The molecular weight excluding hydrogens is 987 g/mol. The number of esters is 3. The summed E-state index contributed by atoms with van der Waals surface area (Å²) in [6.45, 7) is 9.56. The molecule has 0 spiro atoms. The SMILES string of the molecule is CC(=O)O[C@]12COC1C[C@H](O)C1(C)C(=O)[C@H](OC(=O)NCCCOCCOCCOCCCN)C3=C(C)[C@@H](OC(=O)[C@H](O)[C@@H](NC(=O)c4ccccc4)c4ccccc4)C[C@@](O)([C@@H](OC(=O)c4ccccc4)[C@@H]12)C3(C)C. The Labute approximate surface area is 441 Å². The molecule has 2 unspecified atom stereocenters. The number of ether oxygens (including phenoxy) is 8. The number of hydrogen-bond donors (Lipinski definition) is 6. The number of ketones is 1. The van der Waals surface area contributed by atoms with Gasteiger partial charge in [-0.1, -0.05) is 80.6 Å². The second kappa shape index (κ2) is 24.9. The number of aliphatic hydroxyl groups excluding tert-OH is 2.